The molecule has 0 bridgehead atoms. The summed E-state index contributed by atoms with van der Waals surface area (Å²) in [4.78, 5) is 25.7. The molecule has 260 valence electrons. The number of hydrogen-bond donors (Lipinski definition) is 0. The summed E-state index contributed by atoms with van der Waals surface area (Å²) in [6, 6.07) is 0. The first kappa shape index (κ1) is 43.7. The minimum atomic E-state index is -0.107. The lowest BCUT2D eigenvalue weighted by molar-refractivity contribution is -0.138. The van der Waals surface area contributed by atoms with Gasteiger partial charge in [0.2, 0.25) is 0 Å². The van der Waals surface area contributed by atoms with E-state index in [-0.39, 0.29) is 23.8 Å². The Bertz CT molecular complexity index is 646. The van der Waals surface area contributed by atoms with E-state index in [2.05, 4.69) is 27.7 Å². The third kappa shape index (κ3) is 25.9. The van der Waals surface area contributed by atoms with Crippen molar-refractivity contribution in [2.75, 3.05) is 11.5 Å². The lowest BCUT2D eigenvalue weighted by Crippen LogP contribution is -2.13. The summed E-state index contributed by atoms with van der Waals surface area (Å²) in [7, 11) is 0. The Morgan fingerprint density at radius 1 is 0.545 bits per heavy atom. The molecule has 0 aliphatic carbocycles. The highest BCUT2D eigenvalue weighted by Gasteiger charge is 2.17. The number of thiocarbonyl (C=S) groups is 1. The van der Waals surface area contributed by atoms with Crippen LogP contribution >= 0.6 is 36.3 Å². The molecule has 0 heterocycles. The Labute approximate surface area is 287 Å². The number of unbranched alkanes of at least 4 members (excludes halogenated alkanes) is 6. The lowest BCUT2D eigenvalue weighted by atomic mass is 9.93. The molecule has 0 aromatic heterocycles. The normalized spacial score (nSPS) is 14.1. The van der Waals surface area contributed by atoms with Gasteiger partial charge in [-0.15, -0.1) is 0 Å². The van der Waals surface area contributed by atoms with E-state index in [4.69, 9.17) is 20.6 Å². The van der Waals surface area contributed by atoms with E-state index < -0.39 is 0 Å². The zero-order chi connectivity index (χ0) is 32.8. The second kappa shape index (κ2) is 31.3. The van der Waals surface area contributed by atoms with E-state index in [9.17, 15) is 9.59 Å². The molecular formula is C37H70O4S3. The summed E-state index contributed by atoms with van der Waals surface area (Å²) < 4.78 is 10.9. The van der Waals surface area contributed by atoms with Gasteiger partial charge in [-0.2, -0.15) is 0 Å². The van der Waals surface area contributed by atoms with Crippen LogP contribution in [0.4, 0.5) is 0 Å². The maximum atomic E-state index is 12.3. The van der Waals surface area contributed by atoms with Crippen molar-refractivity contribution in [2.45, 2.75) is 183 Å². The van der Waals surface area contributed by atoms with Gasteiger partial charge in [-0.05, 0) is 68.1 Å². The largest absolute Gasteiger partial charge is 0.391 e. The summed E-state index contributed by atoms with van der Waals surface area (Å²) in [6.07, 6.45) is 25.6. The molecule has 0 aromatic rings. The molecule has 4 unspecified atom stereocenters. The smallest absolute Gasteiger partial charge is 0.320 e. The number of rotatable bonds is 32. The van der Waals surface area contributed by atoms with Crippen molar-refractivity contribution in [3.63, 3.8) is 0 Å². The Kier molecular flexibility index (Phi) is 31.1. The second-order valence-electron chi connectivity index (χ2n) is 13.1. The third-order valence-corrected chi connectivity index (χ3v) is 10.9. The molecule has 4 atom stereocenters. The highest BCUT2D eigenvalue weighted by molar-refractivity contribution is 7.95. The topological polar surface area (TPSA) is 52.6 Å². The van der Waals surface area contributed by atoms with Crippen molar-refractivity contribution in [3.05, 3.63) is 0 Å². The van der Waals surface area contributed by atoms with Crippen molar-refractivity contribution < 1.29 is 18.0 Å². The minimum Gasteiger partial charge on any atom is -0.391 e. The second-order valence-corrected chi connectivity index (χ2v) is 15.3. The van der Waals surface area contributed by atoms with Crippen LogP contribution in [0.5, 0.6) is 0 Å². The quantitative estimate of drug-likeness (QED) is 0.0400. The average Bonchev–Trinajstić information content (AvgIpc) is 3.02. The number of carbonyl (C=O) groups excluding carboxylic acids is 2. The molecule has 0 radical (unpaired) electrons. The zero-order valence-electron chi connectivity index (χ0n) is 29.6. The first-order valence-corrected chi connectivity index (χ1v) is 20.7. The van der Waals surface area contributed by atoms with Crippen LogP contribution in [0.1, 0.15) is 183 Å². The van der Waals surface area contributed by atoms with Gasteiger partial charge in [0.25, 0.3) is 0 Å². The van der Waals surface area contributed by atoms with Crippen LogP contribution in [-0.4, -0.2) is 28.3 Å². The fourth-order valence-electron chi connectivity index (χ4n) is 5.57. The van der Waals surface area contributed by atoms with Crippen LogP contribution in [0, 0.1) is 23.7 Å². The van der Waals surface area contributed by atoms with Gasteiger partial charge in [-0.25, -0.2) is 0 Å². The highest BCUT2D eigenvalue weighted by atomic mass is 32.2. The van der Waals surface area contributed by atoms with Gasteiger partial charge < -0.3 is 8.37 Å². The minimum absolute atomic E-state index is 0.0967. The SMILES string of the molecule is CCCCC(CC)CCCCCSOC(=O)C(C)CCCC(=S)CCCC(C)C(=O)OSCCCCCC(CC)CCCC. The number of hydrogen-bond acceptors (Lipinski definition) is 7. The molecule has 0 fully saturated rings. The fourth-order valence-corrected chi connectivity index (χ4v) is 7.23. The summed E-state index contributed by atoms with van der Waals surface area (Å²) in [5, 5.41) is 0. The molecule has 4 nitrogen and oxygen atoms in total. The van der Waals surface area contributed by atoms with Crippen molar-refractivity contribution in [3.8, 4) is 0 Å². The summed E-state index contributed by atoms with van der Waals surface area (Å²) in [5.41, 5.74) is 0. The maximum absolute atomic E-state index is 12.3. The van der Waals surface area contributed by atoms with E-state index in [1.54, 1.807) is 0 Å². The molecule has 7 heteroatoms. The van der Waals surface area contributed by atoms with Gasteiger partial charge in [-0.1, -0.05) is 144 Å². The van der Waals surface area contributed by atoms with Crippen LogP contribution < -0.4 is 0 Å². The van der Waals surface area contributed by atoms with Gasteiger partial charge >= 0.3 is 11.9 Å². The molecule has 44 heavy (non-hydrogen) atoms. The van der Waals surface area contributed by atoms with E-state index in [0.717, 1.165) is 79.6 Å². The highest BCUT2D eigenvalue weighted by Crippen LogP contribution is 2.23. The Morgan fingerprint density at radius 2 is 0.932 bits per heavy atom. The van der Waals surface area contributed by atoms with Crippen LogP contribution in [0.25, 0.3) is 0 Å². The van der Waals surface area contributed by atoms with Crippen LogP contribution in [0.15, 0.2) is 0 Å². The van der Waals surface area contributed by atoms with Gasteiger partial charge in [0.15, 0.2) is 0 Å². The molecule has 0 amide bonds. The van der Waals surface area contributed by atoms with Gasteiger partial charge in [0, 0.05) is 11.5 Å². The lowest BCUT2D eigenvalue weighted by Gasteiger charge is -2.14. The predicted octanol–water partition coefficient (Wildman–Crippen LogP) is 12.9. The van der Waals surface area contributed by atoms with E-state index in [1.807, 2.05) is 13.8 Å². The van der Waals surface area contributed by atoms with Crippen molar-refractivity contribution in [1.29, 1.82) is 0 Å². The summed E-state index contributed by atoms with van der Waals surface area (Å²) in [6.45, 7) is 13.1. The van der Waals surface area contributed by atoms with Crippen LogP contribution in [0.3, 0.4) is 0 Å². The van der Waals surface area contributed by atoms with E-state index in [1.165, 1.54) is 114 Å². The molecular weight excluding hydrogens is 605 g/mol. The van der Waals surface area contributed by atoms with Gasteiger partial charge in [0.1, 0.15) is 0 Å². The van der Waals surface area contributed by atoms with Crippen LogP contribution in [-0.2, 0) is 18.0 Å². The molecule has 0 aromatic carbocycles. The van der Waals surface area contributed by atoms with Crippen molar-refractivity contribution >= 4 is 53.1 Å². The molecule has 0 spiro atoms. The van der Waals surface area contributed by atoms with Gasteiger partial charge in [-0.3, -0.25) is 9.59 Å². The summed E-state index contributed by atoms with van der Waals surface area (Å²) in [5.74, 6) is 3.13. The predicted molar refractivity (Wildman–Crippen MR) is 199 cm³/mol. The van der Waals surface area contributed by atoms with Crippen molar-refractivity contribution in [1.82, 2.24) is 0 Å². The first-order valence-electron chi connectivity index (χ1n) is 18.5. The Morgan fingerprint density at radius 3 is 1.30 bits per heavy atom. The first-order chi connectivity index (χ1) is 21.3. The summed E-state index contributed by atoms with van der Waals surface area (Å²) >= 11 is 8.22. The van der Waals surface area contributed by atoms with Crippen molar-refractivity contribution in [2.24, 2.45) is 23.7 Å². The van der Waals surface area contributed by atoms with Gasteiger partial charge in [0.05, 0.1) is 35.9 Å². The maximum Gasteiger partial charge on any atom is 0.320 e. The third-order valence-electron chi connectivity index (χ3n) is 9.04. The Hall–Kier alpha value is -0.270. The molecule has 0 saturated heterocycles. The van der Waals surface area contributed by atoms with Crippen LogP contribution in [0.2, 0.25) is 0 Å². The van der Waals surface area contributed by atoms with E-state index in [0.29, 0.717) is 0 Å². The Balaban J connectivity index is 3.77. The number of carbonyl (C=O) groups is 2. The molecule has 0 saturated carbocycles. The standard InChI is InChI=1S/C37H70O4S3/c1-7-11-23-33(9-3)25-15-13-17-29-43-40-36(38)31(5)21-19-27-35(42)28-20-22-32(6)37(39)41-44-30-18-14-16-26-34(10-4)24-12-8-2/h31-34H,7-30H2,1-6H3. The monoisotopic (exact) mass is 674 g/mol. The average molecular weight is 675 g/mol. The molecule has 0 aliphatic rings. The molecule has 0 N–H and O–H groups in total. The zero-order valence-corrected chi connectivity index (χ0v) is 32.1. The van der Waals surface area contributed by atoms with E-state index >= 15 is 0 Å². The fraction of sp³-hybridized carbons (Fsp3) is 0.919. The molecule has 0 aliphatic heterocycles. The molecule has 0 rings (SSSR count).